The van der Waals surface area contributed by atoms with Crippen LogP contribution in [0.1, 0.15) is 55.8 Å². The number of benzene rings is 2. The molecule has 0 unspecified atom stereocenters. The molecule has 0 atom stereocenters. The summed E-state index contributed by atoms with van der Waals surface area (Å²) in [7, 11) is 0. The SMILES string of the molecule is CCCCCCCC(=O)c1ccc2ccccc2c1. The number of hydrogen-bond donors (Lipinski definition) is 0. The molecular weight excluding hydrogens is 232 g/mol. The molecule has 0 aliphatic rings. The molecular formula is C18H22O. The molecule has 0 aromatic heterocycles. The molecule has 0 amide bonds. The summed E-state index contributed by atoms with van der Waals surface area (Å²) < 4.78 is 0. The van der Waals surface area contributed by atoms with Crippen molar-refractivity contribution in [2.75, 3.05) is 0 Å². The van der Waals surface area contributed by atoms with Gasteiger partial charge in [0, 0.05) is 12.0 Å². The average molecular weight is 254 g/mol. The van der Waals surface area contributed by atoms with Crippen LogP contribution in [0.3, 0.4) is 0 Å². The van der Waals surface area contributed by atoms with Gasteiger partial charge in [0.25, 0.3) is 0 Å². The molecule has 2 aromatic rings. The van der Waals surface area contributed by atoms with Crippen molar-refractivity contribution in [1.29, 1.82) is 0 Å². The standard InChI is InChI=1S/C18H22O/c1-2-3-4-5-6-11-18(19)17-13-12-15-9-7-8-10-16(15)14-17/h7-10,12-14H,2-6,11H2,1H3. The van der Waals surface area contributed by atoms with Crippen LogP contribution in [0, 0.1) is 0 Å². The largest absolute Gasteiger partial charge is 0.294 e. The van der Waals surface area contributed by atoms with Gasteiger partial charge in [-0.1, -0.05) is 69.0 Å². The molecule has 0 heterocycles. The summed E-state index contributed by atoms with van der Waals surface area (Å²) in [5.74, 6) is 0.280. The van der Waals surface area contributed by atoms with E-state index in [-0.39, 0.29) is 5.78 Å². The molecule has 0 saturated heterocycles. The van der Waals surface area contributed by atoms with E-state index in [4.69, 9.17) is 0 Å². The lowest BCUT2D eigenvalue weighted by atomic mass is 10.0. The molecule has 2 aromatic carbocycles. The minimum Gasteiger partial charge on any atom is -0.294 e. The van der Waals surface area contributed by atoms with Crippen LogP contribution in [0.2, 0.25) is 0 Å². The predicted octanol–water partition coefficient (Wildman–Crippen LogP) is 5.38. The highest BCUT2D eigenvalue weighted by atomic mass is 16.1. The second-order valence-corrected chi connectivity index (χ2v) is 5.15. The van der Waals surface area contributed by atoms with E-state index >= 15 is 0 Å². The van der Waals surface area contributed by atoms with Gasteiger partial charge in [0.2, 0.25) is 0 Å². The number of fused-ring (bicyclic) bond motifs is 1. The van der Waals surface area contributed by atoms with Gasteiger partial charge in [-0.05, 0) is 23.3 Å². The van der Waals surface area contributed by atoms with Crippen molar-refractivity contribution in [2.24, 2.45) is 0 Å². The number of Topliss-reactive ketones (excluding diaryl/α,β-unsaturated/α-hetero) is 1. The van der Waals surface area contributed by atoms with E-state index in [1.165, 1.54) is 31.1 Å². The monoisotopic (exact) mass is 254 g/mol. The van der Waals surface area contributed by atoms with Crippen LogP contribution in [0.25, 0.3) is 10.8 Å². The lowest BCUT2D eigenvalue weighted by molar-refractivity contribution is 0.0979. The number of carbonyl (C=O) groups excluding carboxylic acids is 1. The van der Waals surface area contributed by atoms with Crippen LogP contribution >= 0.6 is 0 Å². The Balaban J connectivity index is 1.93. The summed E-state index contributed by atoms with van der Waals surface area (Å²) in [6.45, 7) is 2.21. The first-order valence-electron chi connectivity index (χ1n) is 7.33. The highest BCUT2D eigenvalue weighted by molar-refractivity contribution is 5.99. The summed E-state index contributed by atoms with van der Waals surface area (Å²) >= 11 is 0. The number of rotatable bonds is 7. The number of ketones is 1. The number of carbonyl (C=O) groups is 1. The van der Waals surface area contributed by atoms with E-state index < -0.39 is 0 Å². The highest BCUT2D eigenvalue weighted by Gasteiger charge is 2.06. The molecule has 0 N–H and O–H groups in total. The molecule has 100 valence electrons. The summed E-state index contributed by atoms with van der Waals surface area (Å²) in [5.41, 5.74) is 0.856. The first kappa shape index (κ1) is 13.8. The topological polar surface area (TPSA) is 17.1 Å². The minimum absolute atomic E-state index is 0.280. The van der Waals surface area contributed by atoms with Crippen molar-refractivity contribution in [3.8, 4) is 0 Å². The predicted molar refractivity (Wildman–Crippen MR) is 81.7 cm³/mol. The second-order valence-electron chi connectivity index (χ2n) is 5.15. The lowest BCUT2D eigenvalue weighted by Crippen LogP contribution is -1.98. The molecule has 0 fully saturated rings. The van der Waals surface area contributed by atoms with E-state index in [1.807, 2.05) is 30.3 Å². The summed E-state index contributed by atoms with van der Waals surface area (Å²) in [6, 6.07) is 14.2. The van der Waals surface area contributed by atoms with Gasteiger partial charge >= 0.3 is 0 Å². The van der Waals surface area contributed by atoms with Gasteiger partial charge in [0.15, 0.2) is 5.78 Å². The summed E-state index contributed by atoms with van der Waals surface area (Å²) in [6.07, 6.45) is 6.66. The Kier molecular flexibility index (Phi) is 5.14. The molecule has 1 heteroatoms. The quantitative estimate of drug-likeness (QED) is 0.478. The Morgan fingerprint density at radius 1 is 0.895 bits per heavy atom. The zero-order valence-corrected chi connectivity index (χ0v) is 11.7. The average Bonchev–Trinajstić information content (AvgIpc) is 2.46. The minimum atomic E-state index is 0.280. The van der Waals surface area contributed by atoms with Crippen LogP contribution in [0.15, 0.2) is 42.5 Å². The Labute approximate surface area is 115 Å². The Bertz CT molecular complexity index is 542. The molecule has 0 saturated carbocycles. The van der Waals surface area contributed by atoms with Crippen molar-refractivity contribution < 1.29 is 4.79 Å². The molecule has 0 spiro atoms. The van der Waals surface area contributed by atoms with Gasteiger partial charge in [0.05, 0.1) is 0 Å². The molecule has 19 heavy (non-hydrogen) atoms. The third-order valence-electron chi connectivity index (χ3n) is 3.58. The molecule has 1 nitrogen and oxygen atoms in total. The van der Waals surface area contributed by atoms with Gasteiger partial charge < -0.3 is 0 Å². The van der Waals surface area contributed by atoms with Gasteiger partial charge in [-0.3, -0.25) is 4.79 Å². The Morgan fingerprint density at radius 3 is 2.42 bits per heavy atom. The third-order valence-corrected chi connectivity index (χ3v) is 3.58. The van der Waals surface area contributed by atoms with Crippen LogP contribution in [-0.2, 0) is 0 Å². The van der Waals surface area contributed by atoms with E-state index in [0.717, 1.165) is 17.4 Å². The fourth-order valence-electron chi connectivity index (χ4n) is 2.40. The van der Waals surface area contributed by atoms with Crippen LogP contribution in [0.4, 0.5) is 0 Å². The van der Waals surface area contributed by atoms with E-state index in [1.54, 1.807) is 0 Å². The van der Waals surface area contributed by atoms with Crippen molar-refractivity contribution in [3.63, 3.8) is 0 Å². The van der Waals surface area contributed by atoms with Crippen molar-refractivity contribution in [3.05, 3.63) is 48.0 Å². The molecule has 0 radical (unpaired) electrons. The maximum absolute atomic E-state index is 12.1. The second kappa shape index (κ2) is 7.08. The fraction of sp³-hybridized carbons (Fsp3) is 0.389. The Morgan fingerprint density at radius 2 is 1.63 bits per heavy atom. The molecule has 0 aliphatic carbocycles. The smallest absolute Gasteiger partial charge is 0.162 e. The van der Waals surface area contributed by atoms with Crippen molar-refractivity contribution in [1.82, 2.24) is 0 Å². The first-order valence-corrected chi connectivity index (χ1v) is 7.33. The van der Waals surface area contributed by atoms with Gasteiger partial charge in [-0.2, -0.15) is 0 Å². The lowest BCUT2D eigenvalue weighted by Gasteiger charge is -2.03. The third kappa shape index (κ3) is 3.92. The number of hydrogen-bond acceptors (Lipinski definition) is 1. The molecule has 0 aliphatic heterocycles. The van der Waals surface area contributed by atoms with Crippen LogP contribution < -0.4 is 0 Å². The fourth-order valence-corrected chi connectivity index (χ4v) is 2.40. The van der Waals surface area contributed by atoms with Crippen LogP contribution in [0.5, 0.6) is 0 Å². The van der Waals surface area contributed by atoms with E-state index in [2.05, 4.69) is 19.1 Å². The van der Waals surface area contributed by atoms with Crippen molar-refractivity contribution >= 4 is 16.6 Å². The van der Waals surface area contributed by atoms with Gasteiger partial charge in [0.1, 0.15) is 0 Å². The van der Waals surface area contributed by atoms with E-state index in [9.17, 15) is 4.79 Å². The maximum atomic E-state index is 12.1. The van der Waals surface area contributed by atoms with Gasteiger partial charge in [-0.25, -0.2) is 0 Å². The highest BCUT2D eigenvalue weighted by Crippen LogP contribution is 2.17. The summed E-state index contributed by atoms with van der Waals surface area (Å²) in [4.78, 5) is 12.1. The van der Waals surface area contributed by atoms with Gasteiger partial charge in [-0.15, -0.1) is 0 Å². The van der Waals surface area contributed by atoms with E-state index in [0.29, 0.717) is 6.42 Å². The molecule has 0 bridgehead atoms. The van der Waals surface area contributed by atoms with Crippen LogP contribution in [-0.4, -0.2) is 5.78 Å². The zero-order valence-electron chi connectivity index (χ0n) is 11.7. The maximum Gasteiger partial charge on any atom is 0.162 e. The Hall–Kier alpha value is -1.63. The zero-order chi connectivity index (χ0) is 13.5. The normalized spacial score (nSPS) is 10.8. The number of unbranched alkanes of at least 4 members (excludes halogenated alkanes) is 4. The molecule has 2 rings (SSSR count). The summed E-state index contributed by atoms with van der Waals surface area (Å²) in [5, 5.41) is 2.35. The van der Waals surface area contributed by atoms with Crippen molar-refractivity contribution in [2.45, 2.75) is 45.4 Å². The first-order chi connectivity index (χ1) is 9.31.